The van der Waals surface area contributed by atoms with Gasteiger partial charge in [0.15, 0.2) is 0 Å². The Morgan fingerprint density at radius 1 is 1.22 bits per heavy atom. The van der Waals surface area contributed by atoms with Crippen LogP contribution in [0.15, 0.2) is 30.5 Å². The Kier molecular flexibility index (Phi) is 4.47. The standard InChI is InChI=1S/C16H17F3N4/c1-11-9-22(10-14-13(18)7-12(17)8-20-14)5-6-23(11)16-4-2-3-15(19)21-16/h2-4,7-8,11H,5-6,9-10H2,1H3. The molecule has 0 bridgehead atoms. The first-order chi connectivity index (χ1) is 11.0. The smallest absolute Gasteiger partial charge is 0.214 e. The van der Waals surface area contributed by atoms with Crippen LogP contribution in [0.3, 0.4) is 0 Å². The van der Waals surface area contributed by atoms with E-state index >= 15 is 0 Å². The van der Waals surface area contributed by atoms with Gasteiger partial charge in [-0.3, -0.25) is 9.88 Å². The van der Waals surface area contributed by atoms with E-state index in [1.807, 2.05) is 16.7 Å². The molecule has 23 heavy (non-hydrogen) atoms. The fourth-order valence-corrected chi connectivity index (χ4v) is 2.85. The van der Waals surface area contributed by atoms with E-state index in [9.17, 15) is 13.2 Å². The number of hydrogen-bond acceptors (Lipinski definition) is 4. The molecule has 4 nitrogen and oxygen atoms in total. The summed E-state index contributed by atoms with van der Waals surface area (Å²) in [5, 5.41) is 0. The topological polar surface area (TPSA) is 32.3 Å². The highest BCUT2D eigenvalue weighted by molar-refractivity contribution is 5.40. The van der Waals surface area contributed by atoms with Crippen LogP contribution in [0.5, 0.6) is 0 Å². The maximum absolute atomic E-state index is 13.7. The Labute approximate surface area is 132 Å². The van der Waals surface area contributed by atoms with E-state index in [-0.39, 0.29) is 11.7 Å². The van der Waals surface area contributed by atoms with Crippen molar-refractivity contribution in [2.75, 3.05) is 24.5 Å². The second-order valence-corrected chi connectivity index (χ2v) is 5.68. The molecule has 2 aromatic rings. The highest BCUT2D eigenvalue weighted by Gasteiger charge is 2.25. The Morgan fingerprint density at radius 2 is 2.04 bits per heavy atom. The molecule has 0 aliphatic carbocycles. The minimum atomic E-state index is -0.679. The van der Waals surface area contributed by atoms with E-state index in [2.05, 4.69) is 9.97 Å². The normalized spacial score (nSPS) is 19.1. The number of aromatic nitrogens is 2. The Morgan fingerprint density at radius 3 is 2.74 bits per heavy atom. The fraction of sp³-hybridized carbons (Fsp3) is 0.375. The number of rotatable bonds is 3. The van der Waals surface area contributed by atoms with E-state index < -0.39 is 17.6 Å². The van der Waals surface area contributed by atoms with Crippen molar-refractivity contribution in [1.29, 1.82) is 0 Å². The van der Waals surface area contributed by atoms with E-state index in [0.717, 1.165) is 12.3 Å². The molecule has 0 N–H and O–H groups in total. The SMILES string of the molecule is CC1CN(Cc2ncc(F)cc2F)CCN1c1cccc(F)n1. The lowest BCUT2D eigenvalue weighted by molar-refractivity contribution is 0.214. The zero-order chi connectivity index (χ0) is 16.4. The van der Waals surface area contributed by atoms with Crippen molar-refractivity contribution in [2.45, 2.75) is 19.5 Å². The minimum absolute atomic E-state index is 0.0987. The van der Waals surface area contributed by atoms with Crippen molar-refractivity contribution in [3.8, 4) is 0 Å². The quantitative estimate of drug-likeness (QED) is 0.813. The molecule has 3 rings (SSSR count). The molecule has 1 aliphatic heterocycles. The molecular weight excluding hydrogens is 305 g/mol. The third kappa shape index (κ3) is 3.61. The van der Waals surface area contributed by atoms with Gasteiger partial charge in [-0.15, -0.1) is 0 Å². The molecular formula is C16H17F3N4. The summed E-state index contributed by atoms with van der Waals surface area (Å²) in [5.74, 6) is -1.22. The van der Waals surface area contributed by atoms with Crippen molar-refractivity contribution >= 4 is 5.82 Å². The van der Waals surface area contributed by atoms with Gasteiger partial charge in [0.2, 0.25) is 5.95 Å². The first-order valence-corrected chi connectivity index (χ1v) is 7.44. The Balaban J connectivity index is 1.66. The van der Waals surface area contributed by atoms with Crippen LogP contribution in [-0.4, -0.2) is 40.5 Å². The number of halogens is 3. The lowest BCUT2D eigenvalue weighted by Gasteiger charge is -2.40. The monoisotopic (exact) mass is 322 g/mol. The minimum Gasteiger partial charge on any atom is -0.351 e. The van der Waals surface area contributed by atoms with E-state index in [1.165, 1.54) is 6.07 Å². The molecule has 1 fully saturated rings. The molecule has 1 aliphatic rings. The summed E-state index contributed by atoms with van der Waals surface area (Å²) in [5.41, 5.74) is 0.232. The number of hydrogen-bond donors (Lipinski definition) is 0. The number of nitrogens with zero attached hydrogens (tertiary/aromatic N) is 4. The summed E-state index contributed by atoms with van der Waals surface area (Å²) in [6.07, 6.45) is 1.02. The highest BCUT2D eigenvalue weighted by Crippen LogP contribution is 2.20. The third-order valence-corrected chi connectivity index (χ3v) is 3.96. The van der Waals surface area contributed by atoms with Crippen molar-refractivity contribution < 1.29 is 13.2 Å². The summed E-state index contributed by atoms with van der Waals surface area (Å²) >= 11 is 0. The van der Waals surface area contributed by atoms with Crippen molar-refractivity contribution in [3.05, 3.63) is 53.7 Å². The van der Waals surface area contributed by atoms with E-state index in [1.54, 1.807) is 12.1 Å². The molecule has 1 unspecified atom stereocenters. The number of piperazine rings is 1. The predicted molar refractivity (Wildman–Crippen MR) is 80.4 cm³/mol. The van der Waals surface area contributed by atoms with Crippen LogP contribution in [0.25, 0.3) is 0 Å². The molecule has 0 spiro atoms. The zero-order valence-corrected chi connectivity index (χ0v) is 12.7. The van der Waals surface area contributed by atoms with Gasteiger partial charge in [-0.05, 0) is 19.1 Å². The molecule has 7 heteroatoms. The van der Waals surface area contributed by atoms with Gasteiger partial charge in [0.25, 0.3) is 0 Å². The molecule has 0 amide bonds. The molecule has 0 saturated carbocycles. The first-order valence-electron chi connectivity index (χ1n) is 7.44. The summed E-state index contributed by atoms with van der Waals surface area (Å²) in [7, 11) is 0. The predicted octanol–water partition coefficient (Wildman–Crippen LogP) is 2.60. The second kappa shape index (κ2) is 6.54. The van der Waals surface area contributed by atoms with Crippen LogP contribution >= 0.6 is 0 Å². The summed E-state index contributed by atoms with van der Waals surface area (Å²) in [6.45, 7) is 4.31. The summed E-state index contributed by atoms with van der Waals surface area (Å²) in [6, 6.07) is 5.67. The van der Waals surface area contributed by atoms with Gasteiger partial charge in [0.05, 0.1) is 11.9 Å². The van der Waals surface area contributed by atoms with Crippen LogP contribution in [0.4, 0.5) is 19.0 Å². The Bertz CT molecular complexity index is 695. The van der Waals surface area contributed by atoms with Crippen LogP contribution in [0.2, 0.25) is 0 Å². The lowest BCUT2D eigenvalue weighted by atomic mass is 10.1. The van der Waals surface area contributed by atoms with Crippen LogP contribution in [-0.2, 0) is 6.54 Å². The van der Waals surface area contributed by atoms with E-state index in [4.69, 9.17) is 0 Å². The van der Waals surface area contributed by atoms with Gasteiger partial charge < -0.3 is 4.90 Å². The fourth-order valence-electron chi connectivity index (χ4n) is 2.85. The van der Waals surface area contributed by atoms with Crippen LogP contribution in [0, 0.1) is 17.6 Å². The number of anilines is 1. The van der Waals surface area contributed by atoms with Gasteiger partial charge in [-0.25, -0.2) is 13.8 Å². The Hall–Kier alpha value is -2.15. The molecule has 3 heterocycles. The van der Waals surface area contributed by atoms with Crippen molar-refractivity contribution in [1.82, 2.24) is 14.9 Å². The zero-order valence-electron chi connectivity index (χ0n) is 12.7. The van der Waals surface area contributed by atoms with Crippen molar-refractivity contribution in [2.24, 2.45) is 0 Å². The molecule has 2 aromatic heterocycles. The van der Waals surface area contributed by atoms with Gasteiger partial charge in [0, 0.05) is 38.3 Å². The van der Waals surface area contributed by atoms with E-state index in [0.29, 0.717) is 32.0 Å². The summed E-state index contributed by atoms with van der Waals surface area (Å²) < 4.78 is 39.9. The van der Waals surface area contributed by atoms with Gasteiger partial charge in [-0.2, -0.15) is 4.39 Å². The van der Waals surface area contributed by atoms with Gasteiger partial charge >= 0.3 is 0 Å². The van der Waals surface area contributed by atoms with Crippen molar-refractivity contribution in [3.63, 3.8) is 0 Å². The highest BCUT2D eigenvalue weighted by atomic mass is 19.1. The van der Waals surface area contributed by atoms with Crippen LogP contribution in [0.1, 0.15) is 12.6 Å². The molecule has 1 atom stereocenters. The third-order valence-electron chi connectivity index (χ3n) is 3.96. The number of pyridine rings is 2. The lowest BCUT2D eigenvalue weighted by Crippen LogP contribution is -2.52. The maximum Gasteiger partial charge on any atom is 0.214 e. The second-order valence-electron chi connectivity index (χ2n) is 5.68. The molecule has 122 valence electrons. The first kappa shape index (κ1) is 15.7. The van der Waals surface area contributed by atoms with Gasteiger partial charge in [-0.1, -0.05) is 6.07 Å². The molecule has 0 radical (unpaired) electrons. The average Bonchev–Trinajstić information content (AvgIpc) is 2.50. The average molecular weight is 322 g/mol. The van der Waals surface area contributed by atoms with Crippen LogP contribution < -0.4 is 4.90 Å². The molecule has 1 saturated heterocycles. The maximum atomic E-state index is 13.7. The molecule has 0 aromatic carbocycles. The van der Waals surface area contributed by atoms with Gasteiger partial charge in [0.1, 0.15) is 17.5 Å². The summed E-state index contributed by atoms with van der Waals surface area (Å²) in [4.78, 5) is 11.8. The largest absolute Gasteiger partial charge is 0.351 e.